The van der Waals surface area contributed by atoms with E-state index in [1.165, 1.54) is 9.80 Å². The molecule has 3 fully saturated rings. The Bertz CT molecular complexity index is 1590. The molecule has 0 saturated carbocycles. The molecule has 10 nitrogen and oxygen atoms in total. The van der Waals surface area contributed by atoms with Crippen LogP contribution in [0.5, 0.6) is 0 Å². The number of allylic oxidation sites excluding steroid dienone is 1. The highest BCUT2D eigenvalue weighted by molar-refractivity contribution is 9.09. The molecule has 2 aromatic rings. The van der Waals surface area contributed by atoms with Crippen molar-refractivity contribution in [2.75, 3.05) is 24.6 Å². The van der Waals surface area contributed by atoms with Gasteiger partial charge in [-0.3, -0.25) is 19.2 Å². The van der Waals surface area contributed by atoms with Gasteiger partial charge in [-0.05, 0) is 42.9 Å². The number of amides is 3. The number of hydrogen-bond donors (Lipinski definition) is 2. The van der Waals surface area contributed by atoms with E-state index >= 15 is 0 Å². The normalized spacial score (nSPS) is 26.3. The number of nitrogens with zero attached hydrogens (tertiary/aromatic N) is 2. The zero-order chi connectivity index (χ0) is 36.2. The van der Waals surface area contributed by atoms with E-state index in [4.69, 9.17) is 21.1 Å². The average Bonchev–Trinajstić information content (AvgIpc) is 3.70. The molecular formula is C38H45BrClN3O7. The van der Waals surface area contributed by atoms with E-state index < -0.39 is 59.5 Å². The standard InChI is InChI=1S/C38H45BrClN3O7/c1-5-7-17-30(45)41-21-29(24-13-9-8-10-14-24)49-37(48)31-32-35(46)43(25(22-44)19-23(3)4)34(38(32)20-26(39)33(31)50-38)36(47)42(18-6-2)28-16-12-11-15-27(28)40/h5-6,8-16,23,25-26,29,31-34,44H,1-2,7,17-22H2,3-4H3,(H,41,45)/t25-,26?,29+,31-,32+,33-,34-,38+/m1/s1. The van der Waals surface area contributed by atoms with Crippen molar-refractivity contribution < 1.29 is 33.8 Å². The van der Waals surface area contributed by atoms with Crippen molar-refractivity contribution >= 4 is 56.9 Å². The molecule has 5 rings (SSSR count). The van der Waals surface area contributed by atoms with Crippen LogP contribution in [0.1, 0.15) is 51.2 Å². The molecule has 3 saturated heterocycles. The van der Waals surface area contributed by atoms with Gasteiger partial charge in [-0.2, -0.15) is 0 Å². The lowest BCUT2D eigenvalue weighted by molar-refractivity contribution is -0.161. The Morgan fingerprint density at radius 3 is 2.50 bits per heavy atom. The first-order valence-electron chi connectivity index (χ1n) is 17.0. The molecule has 1 spiro atoms. The Morgan fingerprint density at radius 1 is 1.16 bits per heavy atom. The van der Waals surface area contributed by atoms with Crippen LogP contribution >= 0.6 is 27.5 Å². The number of aliphatic hydroxyl groups excluding tert-OH is 1. The number of rotatable bonds is 16. The molecule has 0 aliphatic carbocycles. The van der Waals surface area contributed by atoms with E-state index in [-0.39, 0.29) is 49.2 Å². The quantitative estimate of drug-likeness (QED) is 0.134. The van der Waals surface area contributed by atoms with Gasteiger partial charge in [0.1, 0.15) is 17.7 Å². The number of alkyl halides is 1. The highest BCUT2D eigenvalue weighted by Crippen LogP contribution is 2.61. The molecule has 3 amide bonds. The summed E-state index contributed by atoms with van der Waals surface area (Å²) in [6, 6.07) is 14.1. The lowest BCUT2D eigenvalue weighted by Crippen LogP contribution is -2.59. The van der Waals surface area contributed by atoms with Crippen molar-refractivity contribution in [2.45, 2.75) is 74.3 Å². The molecule has 268 valence electrons. The van der Waals surface area contributed by atoms with Gasteiger partial charge in [0.2, 0.25) is 11.8 Å². The molecule has 3 aliphatic heterocycles. The molecule has 1 unspecified atom stereocenters. The minimum atomic E-state index is -1.40. The molecule has 2 N–H and O–H groups in total. The number of benzene rings is 2. The van der Waals surface area contributed by atoms with Crippen molar-refractivity contribution in [3.05, 3.63) is 90.5 Å². The summed E-state index contributed by atoms with van der Waals surface area (Å²) < 4.78 is 12.9. The number of halogens is 2. The van der Waals surface area contributed by atoms with Crippen molar-refractivity contribution in [2.24, 2.45) is 17.8 Å². The van der Waals surface area contributed by atoms with Crippen molar-refractivity contribution in [3.8, 4) is 0 Å². The maximum absolute atomic E-state index is 14.9. The Morgan fingerprint density at radius 2 is 1.86 bits per heavy atom. The van der Waals surface area contributed by atoms with Crippen molar-refractivity contribution in [3.63, 3.8) is 0 Å². The predicted octanol–water partition coefficient (Wildman–Crippen LogP) is 5.38. The van der Waals surface area contributed by atoms with E-state index in [0.29, 0.717) is 29.1 Å². The molecule has 0 radical (unpaired) electrons. The van der Waals surface area contributed by atoms with E-state index in [1.807, 2.05) is 32.0 Å². The highest BCUT2D eigenvalue weighted by atomic mass is 79.9. The zero-order valence-electron chi connectivity index (χ0n) is 28.4. The molecule has 3 heterocycles. The van der Waals surface area contributed by atoms with E-state index in [0.717, 1.165) is 0 Å². The summed E-state index contributed by atoms with van der Waals surface area (Å²) in [7, 11) is 0. The summed E-state index contributed by atoms with van der Waals surface area (Å²) >= 11 is 10.3. The van der Waals surface area contributed by atoms with Gasteiger partial charge in [-0.15, -0.1) is 13.2 Å². The number of likely N-dealkylation sites (tertiary alicyclic amines) is 1. The topological polar surface area (TPSA) is 125 Å². The summed E-state index contributed by atoms with van der Waals surface area (Å²) in [5, 5.41) is 13.9. The van der Waals surface area contributed by atoms with Gasteiger partial charge in [-0.25, -0.2) is 0 Å². The average molecular weight is 771 g/mol. The number of nitrogens with one attached hydrogen (secondary N) is 1. The predicted molar refractivity (Wildman–Crippen MR) is 195 cm³/mol. The van der Waals surface area contributed by atoms with E-state index in [1.54, 1.807) is 48.6 Å². The fourth-order valence-electron chi connectivity index (χ4n) is 7.73. The second-order valence-electron chi connectivity index (χ2n) is 13.5. The summed E-state index contributed by atoms with van der Waals surface area (Å²) in [6.07, 6.45) is 3.06. The summed E-state index contributed by atoms with van der Waals surface area (Å²) in [5.41, 5.74) is -0.290. The number of para-hydroxylation sites is 1. The van der Waals surface area contributed by atoms with Crippen LogP contribution in [-0.2, 0) is 28.7 Å². The van der Waals surface area contributed by atoms with Gasteiger partial charge in [0.05, 0.1) is 47.8 Å². The van der Waals surface area contributed by atoms with Gasteiger partial charge < -0.3 is 29.7 Å². The van der Waals surface area contributed by atoms with Crippen LogP contribution in [0.25, 0.3) is 0 Å². The Labute approximate surface area is 306 Å². The molecule has 50 heavy (non-hydrogen) atoms. The van der Waals surface area contributed by atoms with Crippen molar-refractivity contribution in [1.82, 2.24) is 10.2 Å². The van der Waals surface area contributed by atoms with Crippen molar-refractivity contribution in [1.29, 1.82) is 0 Å². The lowest BCUT2D eigenvalue weighted by Gasteiger charge is -2.40. The zero-order valence-corrected chi connectivity index (χ0v) is 30.7. The van der Waals surface area contributed by atoms with Crippen LogP contribution in [0, 0.1) is 17.8 Å². The Hall–Kier alpha value is -3.51. The van der Waals surface area contributed by atoms with Crippen LogP contribution in [-0.4, -0.2) is 82.0 Å². The number of carbonyl (C=O) groups is 4. The van der Waals surface area contributed by atoms with Crippen LogP contribution < -0.4 is 10.2 Å². The number of esters is 1. The second kappa shape index (κ2) is 16.2. The number of carbonyl (C=O) groups excluding carboxylic acids is 4. The van der Waals surface area contributed by atoms with Gasteiger partial charge >= 0.3 is 5.97 Å². The third-order valence-electron chi connectivity index (χ3n) is 9.79. The summed E-state index contributed by atoms with van der Waals surface area (Å²) in [6.45, 7) is 11.2. The number of ether oxygens (including phenoxy) is 2. The fraction of sp³-hybridized carbons (Fsp3) is 0.474. The largest absolute Gasteiger partial charge is 0.455 e. The van der Waals surface area contributed by atoms with Crippen LogP contribution in [0.4, 0.5) is 5.69 Å². The highest BCUT2D eigenvalue weighted by Gasteiger charge is 2.77. The van der Waals surface area contributed by atoms with Gasteiger partial charge in [0.25, 0.3) is 5.91 Å². The van der Waals surface area contributed by atoms with Crippen LogP contribution in [0.2, 0.25) is 5.02 Å². The molecule has 0 aromatic heterocycles. The second-order valence-corrected chi connectivity index (χ2v) is 15.1. The first-order valence-corrected chi connectivity index (χ1v) is 18.3. The molecular weight excluding hydrogens is 726 g/mol. The first-order chi connectivity index (χ1) is 24.0. The molecule has 8 atom stereocenters. The molecule has 2 bridgehead atoms. The van der Waals surface area contributed by atoms with Crippen LogP contribution in [0.15, 0.2) is 79.9 Å². The smallest absolute Gasteiger partial charge is 0.313 e. The maximum Gasteiger partial charge on any atom is 0.313 e. The van der Waals surface area contributed by atoms with E-state index in [9.17, 15) is 24.3 Å². The van der Waals surface area contributed by atoms with E-state index in [2.05, 4.69) is 34.4 Å². The van der Waals surface area contributed by atoms with Crippen LogP contribution in [0.3, 0.4) is 0 Å². The minimum Gasteiger partial charge on any atom is -0.455 e. The number of hydrogen-bond acceptors (Lipinski definition) is 7. The molecule has 2 aromatic carbocycles. The Kier molecular flexibility index (Phi) is 12.2. The summed E-state index contributed by atoms with van der Waals surface area (Å²) in [4.78, 5) is 59.1. The number of anilines is 1. The molecule has 12 heteroatoms. The third-order valence-corrected chi connectivity index (χ3v) is 11.0. The molecule has 3 aliphatic rings. The number of aliphatic hydroxyl groups is 1. The minimum absolute atomic E-state index is 0.0219. The maximum atomic E-state index is 14.9. The Balaban J connectivity index is 1.54. The first kappa shape index (κ1) is 37.7. The lowest BCUT2D eigenvalue weighted by atomic mass is 9.70. The monoisotopic (exact) mass is 769 g/mol. The SMILES string of the molecule is C=CCCC(=O)NC[C@H](OC(=O)[C@H]1[C@@H]2O[C@@]3(CC2Br)[C@@H]1C(=O)N([C@@H](CO)CC(C)C)[C@@H]3C(=O)N(CC=C)c1ccccc1Cl)c1ccccc1. The number of fused-ring (bicyclic) bond motifs is 1. The fourth-order valence-corrected chi connectivity index (χ4v) is 8.91. The summed E-state index contributed by atoms with van der Waals surface area (Å²) in [5.74, 6) is -3.81. The van der Waals surface area contributed by atoms with Gasteiger partial charge in [-0.1, -0.05) is 96.0 Å². The third kappa shape index (κ3) is 7.28. The van der Waals surface area contributed by atoms with Gasteiger partial charge in [0, 0.05) is 17.8 Å². The van der Waals surface area contributed by atoms with Gasteiger partial charge in [0.15, 0.2) is 0 Å².